The molecule has 0 aromatic heterocycles. The first-order valence-corrected chi connectivity index (χ1v) is 6.69. The number of rotatable bonds is 3. The van der Waals surface area contributed by atoms with Crippen molar-refractivity contribution in [2.75, 3.05) is 24.6 Å². The molecule has 0 amide bonds. The van der Waals surface area contributed by atoms with Gasteiger partial charge >= 0.3 is 0 Å². The minimum absolute atomic E-state index is 0.0223. The van der Waals surface area contributed by atoms with E-state index in [-0.39, 0.29) is 18.8 Å². The van der Waals surface area contributed by atoms with Crippen LogP contribution in [-0.4, -0.2) is 43.3 Å². The van der Waals surface area contributed by atoms with E-state index in [9.17, 15) is 9.90 Å². The number of morpholine rings is 1. The van der Waals surface area contributed by atoms with Crippen molar-refractivity contribution in [2.24, 2.45) is 0 Å². The van der Waals surface area contributed by atoms with Crippen LogP contribution in [0.15, 0.2) is 22.7 Å². The van der Waals surface area contributed by atoms with E-state index in [2.05, 4.69) is 20.8 Å². The van der Waals surface area contributed by atoms with Crippen LogP contribution in [0, 0.1) is 0 Å². The first kappa shape index (κ1) is 13.5. The number of nitrogens with zero attached hydrogens (tertiary/aromatic N) is 1. The maximum atomic E-state index is 10.8. The van der Waals surface area contributed by atoms with E-state index in [1.807, 2.05) is 19.1 Å². The summed E-state index contributed by atoms with van der Waals surface area (Å²) in [5, 5.41) is 9.20. The lowest BCUT2D eigenvalue weighted by molar-refractivity contribution is -0.0421. The molecule has 2 rings (SSSR count). The lowest BCUT2D eigenvalue weighted by Gasteiger charge is -2.37. The Morgan fingerprint density at radius 2 is 2.33 bits per heavy atom. The highest BCUT2D eigenvalue weighted by Crippen LogP contribution is 2.25. The van der Waals surface area contributed by atoms with Crippen molar-refractivity contribution in [3.63, 3.8) is 0 Å². The molecule has 1 heterocycles. The molecule has 2 atom stereocenters. The maximum absolute atomic E-state index is 10.8. The number of halogens is 1. The summed E-state index contributed by atoms with van der Waals surface area (Å²) in [6.07, 6.45) is 0.755. The summed E-state index contributed by atoms with van der Waals surface area (Å²) in [6, 6.07) is 5.64. The van der Waals surface area contributed by atoms with Gasteiger partial charge in [0.1, 0.15) is 0 Å². The summed E-state index contributed by atoms with van der Waals surface area (Å²) < 4.78 is 6.39. The van der Waals surface area contributed by atoms with Crippen LogP contribution in [0.3, 0.4) is 0 Å². The molecule has 1 saturated heterocycles. The topological polar surface area (TPSA) is 49.8 Å². The lowest BCUT2D eigenvalue weighted by atomic mass is 10.1. The van der Waals surface area contributed by atoms with Gasteiger partial charge in [-0.05, 0) is 41.1 Å². The molecule has 0 aliphatic carbocycles. The molecule has 5 heteroatoms. The number of anilines is 1. The average Bonchev–Trinajstić information content (AvgIpc) is 2.37. The van der Waals surface area contributed by atoms with Crippen LogP contribution >= 0.6 is 15.9 Å². The van der Waals surface area contributed by atoms with Crippen molar-refractivity contribution < 1.29 is 14.6 Å². The predicted octanol–water partition coefficient (Wildman–Crippen LogP) is 1.85. The number of ether oxygens (including phenoxy) is 1. The fourth-order valence-corrected chi connectivity index (χ4v) is 2.63. The Balaban J connectivity index is 2.20. The van der Waals surface area contributed by atoms with E-state index in [0.717, 1.165) is 23.0 Å². The van der Waals surface area contributed by atoms with Crippen molar-refractivity contribution in [3.05, 3.63) is 28.2 Å². The Kier molecular flexibility index (Phi) is 4.37. The molecule has 1 aromatic rings. The molecule has 0 radical (unpaired) electrons. The standard InChI is InChI=1S/C13H16BrNO3/c1-9-5-15(6-12(8-17)18-9)11-3-2-10(7-16)13(14)4-11/h2-4,7,9,12,17H,5-6,8H2,1H3. The molecule has 0 saturated carbocycles. The SMILES string of the molecule is CC1CN(c2ccc(C=O)c(Br)c2)CC(CO)O1. The van der Waals surface area contributed by atoms with Crippen molar-refractivity contribution >= 4 is 27.9 Å². The number of hydrogen-bond acceptors (Lipinski definition) is 4. The van der Waals surface area contributed by atoms with Gasteiger partial charge in [-0.25, -0.2) is 0 Å². The fraction of sp³-hybridized carbons (Fsp3) is 0.462. The largest absolute Gasteiger partial charge is 0.394 e. The highest BCUT2D eigenvalue weighted by Gasteiger charge is 2.25. The number of aliphatic hydroxyl groups excluding tert-OH is 1. The number of hydrogen-bond donors (Lipinski definition) is 1. The van der Waals surface area contributed by atoms with Crippen LogP contribution in [0.2, 0.25) is 0 Å². The third-order valence-corrected chi connectivity index (χ3v) is 3.69. The number of aldehydes is 1. The molecule has 1 aliphatic rings. The van der Waals surface area contributed by atoms with Gasteiger partial charge in [0.2, 0.25) is 0 Å². The van der Waals surface area contributed by atoms with Gasteiger partial charge in [0, 0.05) is 28.8 Å². The smallest absolute Gasteiger partial charge is 0.151 e. The van der Waals surface area contributed by atoms with Crippen LogP contribution in [0.25, 0.3) is 0 Å². The van der Waals surface area contributed by atoms with Crippen molar-refractivity contribution in [1.82, 2.24) is 0 Å². The number of benzene rings is 1. The van der Waals surface area contributed by atoms with Crippen molar-refractivity contribution in [1.29, 1.82) is 0 Å². The third kappa shape index (κ3) is 2.91. The Hall–Kier alpha value is -0.910. The summed E-state index contributed by atoms with van der Waals surface area (Å²) >= 11 is 3.38. The summed E-state index contributed by atoms with van der Waals surface area (Å²) in [6.45, 7) is 3.45. The van der Waals surface area contributed by atoms with Gasteiger partial charge in [0.05, 0.1) is 18.8 Å². The molecule has 18 heavy (non-hydrogen) atoms. The molecule has 0 spiro atoms. The van der Waals surface area contributed by atoms with Crippen LogP contribution in [0.1, 0.15) is 17.3 Å². The summed E-state index contributed by atoms with van der Waals surface area (Å²) in [4.78, 5) is 12.9. The van der Waals surface area contributed by atoms with E-state index >= 15 is 0 Å². The highest BCUT2D eigenvalue weighted by molar-refractivity contribution is 9.10. The third-order valence-electron chi connectivity index (χ3n) is 3.01. The van der Waals surface area contributed by atoms with Crippen LogP contribution in [0.5, 0.6) is 0 Å². The lowest BCUT2D eigenvalue weighted by Crippen LogP contribution is -2.48. The Labute approximate surface area is 115 Å². The van der Waals surface area contributed by atoms with Crippen LogP contribution < -0.4 is 4.90 Å². The predicted molar refractivity (Wildman–Crippen MR) is 73.2 cm³/mol. The molecule has 1 N–H and O–H groups in total. The minimum Gasteiger partial charge on any atom is -0.394 e. The minimum atomic E-state index is -0.154. The van der Waals surface area contributed by atoms with Gasteiger partial charge in [-0.1, -0.05) is 0 Å². The number of carbonyl (C=O) groups excluding carboxylic acids is 1. The molecule has 0 bridgehead atoms. The van der Waals surface area contributed by atoms with E-state index in [1.165, 1.54) is 0 Å². The Bertz CT molecular complexity index is 438. The molecule has 98 valence electrons. The zero-order chi connectivity index (χ0) is 13.1. The second-order valence-electron chi connectivity index (χ2n) is 4.48. The van der Waals surface area contributed by atoms with Crippen molar-refractivity contribution in [2.45, 2.75) is 19.1 Å². The second kappa shape index (κ2) is 5.82. The van der Waals surface area contributed by atoms with Gasteiger partial charge < -0.3 is 14.7 Å². The van der Waals surface area contributed by atoms with Crippen molar-refractivity contribution in [3.8, 4) is 0 Å². The quantitative estimate of drug-likeness (QED) is 0.865. The zero-order valence-electron chi connectivity index (χ0n) is 10.2. The van der Waals surface area contributed by atoms with E-state index < -0.39 is 0 Å². The molecule has 1 aliphatic heterocycles. The molecule has 1 aromatic carbocycles. The van der Waals surface area contributed by atoms with Gasteiger partial charge in [-0.3, -0.25) is 4.79 Å². The summed E-state index contributed by atoms with van der Waals surface area (Å²) in [7, 11) is 0. The van der Waals surface area contributed by atoms with Crippen LogP contribution in [0.4, 0.5) is 5.69 Å². The van der Waals surface area contributed by atoms with E-state index in [4.69, 9.17) is 4.74 Å². The molecular weight excluding hydrogens is 298 g/mol. The van der Waals surface area contributed by atoms with Gasteiger partial charge in [0.25, 0.3) is 0 Å². The average molecular weight is 314 g/mol. The van der Waals surface area contributed by atoms with Gasteiger partial charge in [-0.2, -0.15) is 0 Å². The Morgan fingerprint density at radius 1 is 1.56 bits per heavy atom. The number of aliphatic hydroxyl groups is 1. The normalized spacial score (nSPS) is 24.1. The van der Waals surface area contributed by atoms with Gasteiger partial charge in [-0.15, -0.1) is 0 Å². The van der Waals surface area contributed by atoms with Gasteiger partial charge in [0.15, 0.2) is 6.29 Å². The fourth-order valence-electron chi connectivity index (χ4n) is 2.17. The maximum Gasteiger partial charge on any atom is 0.151 e. The zero-order valence-corrected chi connectivity index (χ0v) is 11.8. The monoisotopic (exact) mass is 313 g/mol. The Morgan fingerprint density at radius 3 is 2.94 bits per heavy atom. The second-order valence-corrected chi connectivity index (χ2v) is 5.33. The first-order chi connectivity index (χ1) is 8.63. The summed E-state index contributed by atoms with van der Waals surface area (Å²) in [5.41, 5.74) is 1.67. The first-order valence-electron chi connectivity index (χ1n) is 5.90. The molecule has 2 unspecified atom stereocenters. The van der Waals surface area contributed by atoms with E-state index in [0.29, 0.717) is 12.1 Å². The summed E-state index contributed by atoms with van der Waals surface area (Å²) in [5.74, 6) is 0. The van der Waals surface area contributed by atoms with E-state index in [1.54, 1.807) is 6.07 Å². The number of carbonyl (C=O) groups is 1. The highest BCUT2D eigenvalue weighted by atomic mass is 79.9. The molecule has 1 fully saturated rings. The molecule has 4 nitrogen and oxygen atoms in total. The van der Waals surface area contributed by atoms with Crippen LogP contribution in [-0.2, 0) is 4.74 Å². The molecular formula is C13H16BrNO3.